The largest absolute Gasteiger partial charge is 0.349 e. The predicted molar refractivity (Wildman–Crippen MR) is 122 cm³/mol. The first kappa shape index (κ1) is 20.9. The highest BCUT2D eigenvalue weighted by Crippen LogP contribution is 2.61. The Hall–Kier alpha value is -3.37. The van der Waals surface area contributed by atoms with Gasteiger partial charge in [0.2, 0.25) is 0 Å². The van der Waals surface area contributed by atoms with Gasteiger partial charge in [0.1, 0.15) is 0 Å². The van der Waals surface area contributed by atoms with E-state index in [9.17, 15) is 15.3 Å². The number of hydrogen-bond acceptors (Lipinski definition) is 4. The van der Waals surface area contributed by atoms with Crippen LogP contribution in [0.5, 0.6) is 0 Å². The molecule has 31 heavy (non-hydrogen) atoms. The van der Waals surface area contributed by atoms with Crippen molar-refractivity contribution in [2.24, 2.45) is 16.7 Å². The minimum Gasteiger partial charge on any atom is -0.349 e. The van der Waals surface area contributed by atoms with E-state index in [-0.39, 0.29) is 5.78 Å². The van der Waals surface area contributed by atoms with Gasteiger partial charge < -0.3 is 4.90 Å². The topological polar surface area (TPSA) is 67.9 Å². The number of ketones is 1. The van der Waals surface area contributed by atoms with E-state index in [0.717, 1.165) is 16.8 Å². The van der Waals surface area contributed by atoms with Crippen LogP contribution >= 0.6 is 0 Å². The van der Waals surface area contributed by atoms with Crippen molar-refractivity contribution in [1.82, 2.24) is 0 Å². The quantitative estimate of drug-likeness (QED) is 0.610. The second-order valence-corrected chi connectivity index (χ2v) is 9.96. The maximum Gasteiger partial charge on any atom is 0.185 e. The van der Waals surface area contributed by atoms with Gasteiger partial charge in [0.05, 0.1) is 23.7 Å². The zero-order chi connectivity index (χ0) is 22.6. The molecule has 0 bridgehead atoms. The summed E-state index contributed by atoms with van der Waals surface area (Å²) in [6, 6.07) is 19.6. The summed E-state index contributed by atoms with van der Waals surface area (Å²) in [5.74, 6) is -0.548. The second kappa shape index (κ2) is 6.82. The van der Waals surface area contributed by atoms with Crippen LogP contribution in [0.4, 0.5) is 5.69 Å². The molecule has 2 heterocycles. The second-order valence-electron chi connectivity index (χ2n) is 9.96. The van der Waals surface area contributed by atoms with E-state index in [4.69, 9.17) is 0 Å². The number of carbonyl (C=O) groups excluding carboxylic acids is 1. The number of nitrogens with zero attached hydrogens (tertiary/aromatic N) is 3. The molecule has 0 aliphatic carbocycles. The van der Waals surface area contributed by atoms with Crippen LogP contribution in [0.25, 0.3) is 6.08 Å². The molecule has 2 aromatic rings. The number of hydrogen-bond donors (Lipinski definition) is 0. The highest BCUT2D eigenvalue weighted by Gasteiger charge is 2.71. The van der Waals surface area contributed by atoms with Crippen LogP contribution in [0.15, 0.2) is 54.6 Å². The fourth-order valence-corrected chi connectivity index (χ4v) is 5.56. The third kappa shape index (κ3) is 2.75. The van der Waals surface area contributed by atoms with Gasteiger partial charge in [-0.3, -0.25) is 4.79 Å². The van der Waals surface area contributed by atoms with Crippen LogP contribution < -0.4 is 4.90 Å². The van der Waals surface area contributed by atoms with Gasteiger partial charge in [-0.1, -0.05) is 81.0 Å². The Kier molecular flexibility index (Phi) is 4.60. The van der Waals surface area contributed by atoms with Crippen molar-refractivity contribution in [2.75, 3.05) is 4.90 Å². The molecule has 2 aliphatic rings. The van der Waals surface area contributed by atoms with Crippen LogP contribution in [0.2, 0.25) is 0 Å². The summed E-state index contributed by atoms with van der Waals surface area (Å²) in [7, 11) is 0. The molecule has 1 saturated heterocycles. The number of rotatable bonds is 2. The van der Waals surface area contributed by atoms with Crippen molar-refractivity contribution in [3.05, 3.63) is 71.3 Å². The lowest BCUT2D eigenvalue weighted by molar-refractivity contribution is 0.0839. The first-order chi connectivity index (χ1) is 14.6. The molecule has 156 valence electrons. The summed E-state index contributed by atoms with van der Waals surface area (Å²) in [4.78, 5) is 16.1. The van der Waals surface area contributed by atoms with Gasteiger partial charge in [0, 0.05) is 17.2 Å². The summed E-state index contributed by atoms with van der Waals surface area (Å²) in [5, 5.41) is 20.9. The number of Topliss-reactive ketones (excluding diaryl/α,β-unsaturated/α-hetero) is 1. The Morgan fingerprint density at radius 1 is 1.03 bits per heavy atom. The molecule has 0 aromatic heterocycles. The van der Waals surface area contributed by atoms with Crippen molar-refractivity contribution in [2.45, 2.75) is 46.2 Å². The van der Waals surface area contributed by atoms with Gasteiger partial charge in [0.25, 0.3) is 0 Å². The number of benzene rings is 2. The third-order valence-corrected chi connectivity index (χ3v) is 7.03. The summed E-state index contributed by atoms with van der Waals surface area (Å²) < 4.78 is 0. The van der Waals surface area contributed by atoms with Crippen LogP contribution in [-0.4, -0.2) is 17.4 Å². The monoisotopic (exact) mass is 409 g/mol. The SMILES string of the molecule is Cc1ccc(C(=O)C2C(C(C)(C)C)C(C#N)(C#N)C3(C)C=Cc4ccccc4N23)cc1. The van der Waals surface area contributed by atoms with E-state index >= 15 is 0 Å². The Morgan fingerprint density at radius 2 is 1.65 bits per heavy atom. The number of anilines is 1. The Morgan fingerprint density at radius 3 is 2.23 bits per heavy atom. The third-order valence-electron chi connectivity index (χ3n) is 7.03. The van der Waals surface area contributed by atoms with Crippen LogP contribution in [0.3, 0.4) is 0 Å². The molecule has 4 nitrogen and oxygen atoms in total. The van der Waals surface area contributed by atoms with Gasteiger partial charge in [-0.2, -0.15) is 10.5 Å². The highest BCUT2D eigenvalue weighted by molar-refractivity contribution is 6.04. The molecule has 4 rings (SSSR count). The standard InChI is InChI=1S/C27H27N3O/c1-18-10-12-20(13-11-18)23(31)22-24(25(2,3)4)27(16-28,17-29)26(5)15-14-19-8-6-7-9-21(19)30(22)26/h6-15,22,24H,1-5H3. The molecule has 2 aliphatic heterocycles. The van der Waals surface area contributed by atoms with E-state index in [1.165, 1.54) is 0 Å². The highest BCUT2D eigenvalue weighted by atomic mass is 16.1. The molecular weight excluding hydrogens is 382 g/mol. The van der Waals surface area contributed by atoms with Crippen molar-refractivity contribution in [3.8, 4) is 12.1 Å². The molecule has 0 radical (unpaired) electrons. The predicted octanol–water partition coefficient (Wildman–Crippen LogP) is 5.55. The summed E-state index contributed by atoms with van der Waals surface area (Å²) in [6.45, 7) is 9.98. The zero-order valence-corrected chi connectivity index (χ0v) is 18.7. The number of nitriles is 2. The molecular formula is C27H27N3O. The molecule has 0 amide bonds. The average molecular weight is 410 g/mol. The number of aryl methyl sites for hydroxylation is 1. The van der Waals surface area contributed by atoms with Crippen LogP contribution in [0.1, 0.15) is 49.2 Å². The number of carbonyl (C=O) groups is 1. The lowest BCUT2D eigenvalue weighted by Gasteiger charge is -2.44. The van der Waals surface area contributed by atoms with Gasteiger partial charge >= 0.3 is 0 Å². The molecule has 0 N–H and O–H groups in total. The van der Waals surface area contributed by atoms with Crippen molar-refractivity contribution < 1.29 is 4.79 Å². The van der Waals surface area contributed by atoms with E-state index in [1.807, 2.05) is 100 Å². The van der Waals surface area contributed by atoms with E-state index in [0.29, 0.717) is 5.56 Å². The molecule has 2 aromatic carbocycles. The smallest absolute Gasteiger partial charge is 0.185 e. The summed E-state index contributed by atoms with van der Waals surface area (Å²) in [5.41, 5.74) is 0.773. The lowest BCUT2D eigenvalue weighted by atomic mass is 9.58. The van der Waals surface area contributed by atoms with Crippen LogP contribution in [-0.2, 0) is 0 Å². The molecule has 3 atom stereocenters. The van der Waals surface area contributed by atoms with E-state index in [1.54, 1.807) is 0 Å². The molecule has 0 saturated carbocycles. The molecule has 4 heteroatoms. The van der Waals surface area contributed by atoms with E-state index < -0.39 is 28.3 Å². The fourth-order valence-electron chi connectivity index (χ4n) is 5.56. The van der Waals surface area contributed by atoms with Crippen molar-refractivity contribution in [3.63, 3.8) is 0 Å². The van der Waals surface area contributed by atoms with Gasteiger partial charge in [0.15, 0.2) is 11.2 Å². The average Bonchev–Trinajstić information content (AvgIpc) is 2.99. The van der Waals surface area contributed by atoms with Crippen LogP contribution in [0, 0.1) is 46.3 Å². The lowest BCUT2D eigenvalue weighted by Crippen LogP contribution is -2.53. The van der Waals surface area contributed by atoms with Crippen molar-refractivity contribution >= 4 is 17.5 Å². The van der Waals surface area contributed by atoms with Gasteiger partial charge in [-0.15, -0.1) is 0 Å². The minimum absolute atomic E-state index is 0.0522. The number of para-hydroxylation sites is 1. The van der Waals surface area contributed by atoms with Gasteiger partial charge in [-0.25, -0.2) is 0 Å². The Bertz CT molecular complexity index is 1140. The fraction of sp³-hybridized carbons (Fsp3) is 0.370. The zero-order valence-electron chi connectivity index (χ0n) is 18.7. The number of fused-ring (bicyclic) bond motifs is 3. The first-order valence-electron chi connectivity index (χ1n) is 10.6. The molecule has 0 spiro atoms. The van der Waals surface area contributed by atoms with Crippen molar-refractivity contribution in [1.29, 1.82) is 10.5 Å². The molecule has 3 unspecified atom stereocenters. The maximum atomic E-state index is 14.1. The minimum atomic E-state index is -1.39. The Labute approximate surface area is 184 Å². The normalized spacial score (nSPS) is 25.8. The maximum absolute atomic E-state index is 14.1. The first-order valence-corrected chi connectivity index (χ1v) is 10.6. The molecule has 1 fully saturated rings. The summed E-state index contributed by atoms with van der Waals surface area (Å²) in [6.07, 6.45) is 3.93. The van der Waals surface area contributed by atoms with Gasteiger partial charge in [-0.05, 0) is 30.9 Å². The Balaban J connectivity index is 2.04. The summed E-state index contributed by atoms with van der Waals surface area (Å²) >= 11 is 0. The van der Waals surface area contributed by atoms with E-state index in [2.05, 4.69) is 12.1 Å².